The van der Waals surface area contributed by atoms with Crippen LogP contribution in [0.3, 0.4) is 0 Å². The van der Waals surface area contributed by atoms with Gasteiger partial charge in [0.25, 0.3) is 5.69 Å². The number of carbonyl (C=O) groups is 2. The fourth-order valence-electron chi connectivity index (χ4n) is 3.48. The number of non-ortho nitro benzene ring substituents is 1. The standard InChI is InChI=1S/C21H18N4O5S2/c1-13-18(14(2)26)31-21(23(13)15-7-5-4-6-8-15)24(22-19(32-21)20(27)30-3)16-9-11-17(12-10-16)25(28)29/h4-12H,1-3H3. The molecule has 0 fully saturated rings. The molecule has 0 amide bonds. The molecule has 0 bridgehead atoms. The molecule has 11 heteroatoms. The van der Waals surface area contributed by atoms with Crippen molar-refractivity contribution in [3.05, 3.63) is 75.3 Å². The Hall–Kier alpha value is -3.31. The van der Waals surface area contributed by atoms with Gasteiger partial charge in [0, 0.05) is 23.5 Å². The molecule has 32 heavy (non-hydrogen) atoms. The predicted molar refractivity (Wildman–Crippen MR) is 125 cm³/mol. The molecular formula is C21H18N4O5S2. The first kappa shape index (κ1) is 21.9. The lowest BCUT2D eigenvalue weighted by Crippen LogP contribution is -2.49. The molecule has 0 saturated heterocycles. The topological polar surface area (TPSA) is 105 Å². The Kier molecular flexibility index (Phi) is 5.70. The van der Waals surface area contributed by atoms with Crippen LogP contribution in [0.15, 0.2) is 70.3 Å². The Labute approximate surface area is 192 Å². The number of nitrogens with zero attached hydrogens (tertiary/aromatic N) is 4. The Morgan fingerprint density at radius 2 is 1.72 bits per heavy atom. The monoisotopic (exact) mass is 470 g/mol. The maximum Gasteiger partial charge on any atom is 0.365 e. The minimum absolute atomic E-state index is 0.0652. The summed E-state index contributed by atoms with van der Waals surface area (Å²) < 4.78 is 3.82. The van der Waals surface area contributed by atoms with E-state index < -0.39 is 15.2 Å². The van der Waals surface area contributed by atoms with Crippen molar-refractivity contribution < 1.29 is 19.2 Å². The van der Waals surface area contributed by atoms with Gasteiger partial charge in [-0.2, -0.15) is 5.10 Å². The summed E-state index contributed by atoms with van der Waals surface area (Å²) in [5.74, 6) is -0.720. The molecule has 164 valence electrons. The number of rotatable bonds is 5. The second-order valence-corrected chi connectivity index (χ2v) is 9.48. The van der Waals surface area contributed by atoms with Crippen molar-refractivity contribution in [3.63, 3.8) is 0 Å². The lowest BCUT2D eigenvalue weighted by atomic mass is 10.2. The first-order chi connectivity index (χ1) is 15.3. The Morgan fingerprint density at radius 3 is 2.28 bits per heavy atom. The number of hydrogen-bond donors (Lipinski definition) is 0. The molecule has 9 nitrogen and oxygen atoms in total. The third-order valence-electron chi connectivity index (χ3n) is 4.87. The van der Waals surface area contributed by atoms with E-state index in [0.717, 1.165) is 23.1 Å². The van der Waals surface area contributed by atoms with Crippen LogP contribution < -0.4 is 9.91 Å². The predicted octanol–water partition coefficient (Wildman–Crippen LogP) is 4.32. The molecular weight excluding hydrogens is 452 g/mol. The van der Waals surface area contributed by atoms with E-state index in [2.05, 4.69) is 5.10 Å². The lowest BCUT2D eigenvalue weighted by molar-refractivity contribution is -0.384. The van der Waals surface area contributed by atoms with Crippen LogP contribution >= 0.6 is 23.5 Å². The van der Waals surface area contributed by atoms with E-state index in [9.17, 15) is 19.7 Å². The van der Waals surface area contributed by atoms with Crippen LogP contribution in [0.2, 0.25) is 0 Å². The van der Waals surface area contributed by atoms with E-state index in [0.29, 0.717) is 10.6 Å². The van der Waals surface area contributed by atoms with E-state index in [4.69, 9.17) is 4.74 Å². The van der Waals surface area contributed by atoms with Crippen molar-refractivity contribution in [2.75, 3.05) is 17.0 Å². The van der Waals surface area contributed by atoms with Crippen molar-refractivity contribution >= 4 is 57.4 Å². The highest BCUT2D eigenvalue weighted by molar-refractivity contribution is 8.29. The number of carbonyl (C=O) groups excluding carboxylic acids is 2. The van der Waals surface area contributed by atoms with Crippen LogP contribution in [0.25, 0.3) is 0 Å². The molecule has 0 N–H and O–H groups in total. The average Bonchev–Trinajstić information content (AvgIpc) is 3.31. The van der Waals surface area contributed by atoms with Gasteiger partial charge < -0.3 is 9.64 Å². The van der Waals surface area contributed by atoms with Crippen LogP contribution in [-0.4, -0.2) is 33.2 Å². The Morgan fingerprint density at radius 1 is 1.06 bits per heavy atom. The maximum atomic E-state index is 12.5. The van der Waals surface area contributed by atoms with Crippen LogP contribution in [0.1, 0.15) is 13.8 Å². The summed E-state index contributed by atoms with van der Waals surface area (Å²) in [6.07, 6.45) is 0. The number of ether oxygens (including phenoxy) is 1. The minimum atomic E-state index is -1.08. The molecule has 1 atom stereocenters. The second-order valence-electron chi connectivity index (χ2n) is 6.88. The number of nitro groups is 1. The Bertz CT molecular complexity index is 1170. The van der Waals surface area contributed by atoms with E-state index in [-0.39, 0.29) is 16.5 Å². The van der Waals surface area contributed by atoms with Gasteiger partial charge in [-0.15, -0.1) is 0 Å². The summed E-state index contributed by atoms with van der Waals surface area (Å²) in [5, 5.41) is 17.3. The maximum absolute atomic E-state index is 12.5. The Balaban J connectivity index is 1.89. The molecule has 2 aromatic carbocycles. The summed E-state index contributed by atoms with van der Waals surface area (Å²) >= 11 is 2.43. The molecule has 0 aromatic heterocycles. The summed E-state index contributed by atoms with van der Waals surface area (Å²) in [5.41, 5.74) is 1.97. The molecule has 0 radical (unpaired) electrons. The van der Waals surface area contributed by atoms with Crippen LogP contribution in [0.4, 0.5) is 17.1 Å². The zero-order chi connectivity index (χ0) is 23.0. The number of benzene rings is 2. The summed E-state index contributed by atoms with van der Waals surface area (Å²) in [6, 6.07) is 15.3. The summed E-state index contributed by atoms with van der Waals surface area (Å²) in [4.78, 5) is 38.0. The summed E-state index contributed by atoms with van der Waals surface area (Å²) in [6.45, 7) is 3.34. The fraction of sp³-hybridized carbons (Fsp3) is 0.190. The summed E-state index contributed by atoms with van der Waals surface area (Å²) in [7, 11) is 1.27. The average molecular weight is 471 g/mol. The van der Waals surface area contributed by atoms with Crippen LogP contribution in [0, 0.1) is 10.1 Å². The highest BCUT2D eigenvalue weighted by atomic mass is 32.2. The molecule has 2 aliphatic heterocycles. The zero-order valence-corrected chi connectivity index (χ0v) is 19.0. The number of para-hydroxylation sites is 1. The van der Waals surface area contributed by atoms with Gasteiger partial charge in [-0.1, -0.05) is 30.0 Å². The highest BCUT2D eigenvalue weighted by Crippen LogP contribution is 2.60. The molecule has 2 heterocycles. The van der Waals surface area contributed by atoms with Gasteiger partial charge >= 0.3 is 5.97 Å². The number of hydrogen-bond acceptors (Lipinski definition) is 10. The molecule has 1 unspecified atom stereocenters. The fourth-order valence-corrected chi connectivity index (χ4v) is 6.46. The molecule has 2 aliphatic rings. The second kappa shape index (κ2) is 8.32. The molecule has 0 aliphatic carbocycles. The lowest BCUT2D eigenvalue weighted by Gasteiger charge is -2.41. The number of thioether (sulfide) groups is 2. The van der Waals surface area contributed by atoms with E-state index in [1.807, 2.05) is 42.2 Å². The van der Waals surface area contributed by atoms with Crippen molar-refractivity contribution in [1.82, 2.24) is 0 Å². The molecule has 1 spiro atoms. The highest BCUT2D eigenvalue weighted by Gasteiger charge is 2.57. The number of Topliss-reactive ketones (excluding diaryl/α,β-unsaturated/α-hetero) is 1. The van der Waals surface area contributed by atoms with Crippen molar-refractivity contribution in [2.24, 2.45) is 5.10 Å². The number of nitro benzene ring substituents is 1. The van der Waals surface area contributed by atoms with Crippen molar-refractivity contribution in [1.29, 1.82) is 0 Å². The van der Waals surface area contributed by atoms with Gasteiger partial charge in [-0.05, 0) is 49.9 Å². The number of methoxy groups -OCH3 is 1. The van der Waals surface area contributed by atoms with E-state index >= 15 is 0 Å². The zero-order valence-electron chi connectivity index (χ0n) is 17.3. The third-order valence-corrected chi connectivity index (χ3v) is 7.84. The van der Waals surface area contributed by atoms with Crippen LogP contribution in [0.5, 0.6) is 0 Å². The van der Waals surface area contributed by atoms with Gasteiger partial charge in [-0.25, -0.2) is 9.80 Å². The van der Waals surface area contributed by atoms with Gasteiger partial charge in [0.05, 0.1) is 22.6 Å². The number of ketones is 1. The number of allylic oxidation sites excluding steroid dienone is 2. The van der Waals surface area contributed by atoms with Crippen LogP contribution in [-0.2, 0) is 14.3 Å². The van der Waals surface area contributed by atoms with Gasteiger partial charge in [-0.3, -0.25) is 14.9 Å². The largest absolute Gasteiger partial charge is 0.464 e. The quantitative estimate of drug-likeness (QED) is 0.359. The molecule has 0 saturated carbocycles. The van der Waals surface area contributed by atoms with Gasteiger partial charge in [0.15, 0.2) is 5.78 Å². The van der Waals surface area contributed by atoms with Crippen molar-refractivity contribution in [2.45, 2.75) is 18.2 Å². The SMILES string of the molecule is COC(=O)C1=NN(c2ccc([N+](=O)[O-])cc2)C2(S1)SC(C(C)=O)=C(C)N2c1ccccc1. The normalized spacial score (nSPS) is 20.0. The minimum Gasteiger partial charge on any atom is -0.464 e. The smallest absolute Gasteiger partial charge is 0.365 e. The third kappa shape index (κ3) is 3.53. The van der Waals surface area contributed by atoms with Gasteiger partial charge in [0.2, 0.25) is 9.37 Å². The molecule has 2 aromatic rings. The van der Waals surface area contributed by atoms with Crippen molar-refractivity contribution in [3.8, 4) is 0 Å². The van der Waals surface area contributed by atoms with E-state index in [1.54, 1.807) is 17.1 Å². The van der Waals surface area contributed by atoms with Gasteiger partial charge in [0.1, 0.15) is 0 Å². The number of anilines is 2. The number of hydrazone groups is 1. The first-order valence-corrected chi connectivity index (χ1v) is 11.1. The molecule has 4 rings (SSSR count). The number of esters is 1. The first-order valence-electron chi connectivity index (χ1n) is 9.45. The van der Waals surface area contributed by atoms with E-state index in [1.165, 1.54) is 37.9 Å².